The van der Waals surface area contributed by atoms with E-state index in [2.05, 4.69) is 10.6 Å². The molecule has 2 rings (SSSR count). The van der Waals surface area contributed by atoms with Crippen molar-refractivity contribution in [1.82, 2.24) is 5.32 Å². The van der Waals surface area contributed by atoms with Gasteiger partial charge in [-0.2, -0.15) is 0 Å². The molecule has 4 N–H and O–H groups in total. The summed E-state index contributed by atoms with van der Waals surface area (Å²) in [5.41, 5.74) is 7.18. The van der Waals surface area contributed by atoms with Crippen molar-refractivity contribution in [3.8, 4) is 0 Å². The molecular weight excluding hydrogens is 290 g/mol. The first-order valence-corrected chi connectivity index (χ1v) is 6.58. The van der Waals surface area contributed by atoms with Crippen molar-refractivity contribution in [1.29, 1.82) is 0 Å². The second-order valence-electron chi connectivity index (χ2n) is 4.32. The fourth-order valence-corrected chi connectivity index (χ4v) is 1.97. The normalized spacial score (nSPS) is 10.0. The van der Waals surface area contributed by atoms with Gasteiger partial charge >= 0.3 is 0 Å². The van der Waals surface area contributed by atoms with Crippen LogP contribution in [-0.2, 0) is 0 Å². The molecule has 2 amide bonds. The number of nitrogens with one attached hydrogen (secondary N) is 2. The van der Waals surface area contributed by atoms with Gasteiger partial charge in [-0.05, 0) is 30.3 Å². The summed E-state index contributed by atoms with van der Waals surface area (Å²) < 4.78 is 0. The Hall–Kier alpha value is -2.53. The molecule has 0 saturated carbocycles. The lowest BCUT2D eigenvalue weighted by Gasteiger charge is -2.10. The zero-order valence-corrected chi connectivity index (χ0v) is 12.1. The maximum Gasteiger partial charge on any atom is 0.255 e. The molecule has 0 aliphatic carbocycles. The van der Waals surface area contributed by atoms with Gasteiger partial charge in [-0.15, -0.1) is 0 Å². The van der Waals surface area contributed by atoms with Crippen LogP contribution >= 0.6 is 11.6 Å². The molecule has 0 atom stereocenters. The second kappa shape index (κ2) is 6.28. The Bertz CT molecular complexity index is 701. The quantitative estimate of drug-likeness (QED) is 0.762. The van der Waals surface area contributed by atoms with E-state index in [-0.39, 0.29) is 11.8 Å². The fraction of sp³-hybridized carbons (Fsp3) is 0.0667. The number of rotatable bonds is 3. The molecule has 2 aromatic rings. The highest BCUT2D eigenvalue weighted by Crippen LogP contribution is 2.21. The van der Waals surface area contributed by atoms with E-state index in [1.807, 2.05) is 0 Å². The molecule has 0 aromatic heterocycles. The first kappa shape index (κ1) is 14.9. The van der Waals surface area contributed by atoms with Crippen molar-refractivity contribution >= 4 is 34.8 Å². The minimum Gasteiger partial charge on any atom is -0.398 e. The van der Waals surface area contributed by atoms with Crippen LogP contribution in [0.2, 0.25) is 5.02 Å². The van der Waals surface area contributed by atoms with Gasteiger partial charge < -0.3 is 16.4 Å². The Labute approximate surface area is 127 Å². The van der Waals surface area contributed by atoms with Crippen molar-refractivity contribution in [3.05, 3.63) is 58.6 Å². The highest BCUT2D eigenvalue weighted by atomic mass is 35.5. The maximum absolute atomic E-state index is 12.2. The molecule has 0 saturated heterocycles. The van der Waals surface area contributed by atoms with Crippen LogP contribution in [-0.4, -0.2) is 18.9 Å². The van der Waals surface area contributed by atoms with Gasteiger partial charge in [0.25, 0.3) is 11.8 Å². The smallest absolute Gasteiger partial charge is 0.255 e. The molecule has 108 valence electrons. The number of hydrogen-bond donors (Lipinski definition) is 3. The molecule has 0 aliphatic heterocycles. The van der Waals surface area contributed by atoms with E-state index in [0.29, 0.717) is 27.5 Å². The van der Waals surface area contributed by atoms with Gasteiger partial charge in [-0.25, -0.2) is 0 Å². The zero-order chi connectivity index (χ0) is 15.4. The van der Waals surface area contributed by atoms with E-state index in [4.69, 9.17) is 17.3 Å². The van der Waals surface area contributed by atoms with E-state index >= 15 is 0 Å². The molecule has 5 nitrogen and oxygen atoms in total. The number of benzene rings is 2. The Morgan fingerprint density at radius 1 is 1.10 bits per heavy atom. The molecule has 0 unspecified atom stereocenters. The van der Waals surface area contributed by atoms with Crippen LogP contribution in [0.1, 0.15) is 20.7 Å². The Morgan fingerprint density at radius 2 is 1.81 bits per heavy atom. The summed E-state index contributed by atoms with van der Waals surface area (Å²) in [4.78, 5) is 23.9. The van der Waals surface area contributed by atoms with Crippen LogP contribution in [0.15, 0.2) is 42.5 Å². The topological polar surface area (TPSA) is 84.2 Å². The highest BCUT2D eigenvalue weighted by Gasteiger charge is 2.13. The predicted octanol–water partition coefficient (Wildman–Crippen LogP) is 2.53. The highest BCUT2D eigenvalue weighted by molar-refractivity contribution is 6.33. The number of para-hydroxylation sites is 1. The number of halogens is 1. The average molecular weight is 304 g/mol. The number of amides is 2. The Kier molecular flexibility index (Phi) is 4.45. The van der Waals surface area contributed by atoms with Crippen molar-refractivity contribution in [2.75, 3.05) is 18.1 Å². The maximum atomic E-state index is 12.2. The predicted molar refractivity (Wildman–Crippen MR) is 83.6 cm³/mol. The lowest BCUT2D eigenvalue weighted by Crippen LogP contribution is -2.21. The minimum absolute atomic E-state index is 0.277. The largest absolute Gasteiger partial charge is 0.398 e. The Balaban J connectivity index is 2.27. The molecular formula is C15H14ClN3O2. The van der Waals surface area contributed by atoms with E-state index in [9.17, 15) is 9.59 Å². The number of carbonyl (C=O) groups is 2. The van der Waals surface area contributed by atoms with Crippen LogP contribution in [0.25, 0.3) is 0 Å². The third kappa shape index (κ3) is 3.32. The van der Waals surface area contributed by atoms with Crippen molar-refractivity contribution in [2.45, 2.75) is 0 Å². The first-order chi connectivity index (χ1) is 10.0. The fourth-order valence-electron chi connectivity index (χ4n) is 1.79. The number of carbonyl (C=O) groups excluding carboxylic acids is 2. The van der Waals surface area contributed by atoms with Crippen LogP contribution < -0.4 is 16.4 Å². The molecule has 0 heterocycles. The zero-order valence-electron chi connectivity index (χ0n) is 11.3. The third-order valence-electron chi connectivity index (χ3n) is 2.91. The van der Waals surface area contributed by atoms with Gasteiger partial charge in [0.15, 0.2) is 0 Å². The molecule has 0 aliphatic rings. The SMILES string of the molecule is CNC(=O)c1ccccc1NC(=O)c1ccc(N)c(Cl)c1. The monoisotopic (exact) mass is 303 g/mol. The number of hydrogen-bond acceptors (Lipinski definition) is 3. The van der Waals surface area contributed by atoms with Gasteiger partial charge in [0.2, 0.25) is 0 Å². The van der Waals surface area contributed by atoms with Crippen LogP contribution in [0, 0.1) is 0 Å². The van der Waals surface area contributed by atoms with Crippen LogP contribution in [0.4, 0.5) is 11.4 Å². The molecule has 0 fully saturated rings. The molecule has 0 radical (unpaired) electrons. The molecule has 21 heavy (non-hydrogen) atoms. The second-order valence-corrected chi connectivity index (χ2v) is 4.72. The summed E-state index contributed by atoms with van der Waals surface area (Å²) >= 11 is 5.90. The van der Waals surface area contributed by atoms with Crippen molar-refractivity contribution < 1.29 is 9.59 Å². The summed E-state index contributed by atoms with van der Waals surface area (Å²) in [6.45, 7) is 0. The van der Waals surface area contributed by atoms with Gasteiger partial charge in [0, 0.05) is 12.6 Å². The standard InChI is InChI=1S/C15H14ClN3O2/c1-18-15(21)10-4-2-3-5-13(10)19-14(20)9-6-7-12(17)11(16)8-9/h2-8H,17H2,1H3,(H,18,21)(H,19,20). The number of nitrogens with two attached hydrogens (primary N) is 1. The summed E-state index contributed by atoms with van der Waals surface area (Å²) in [5, 5.41) is 5.52. The van der Waals surface area contributed by atoms with E-state index in [1.54, 1.807) is 36.4 Å². The van der Waals surface area contributed by atoms with Crippen molar-refractivity contribution in [3.63, 3.8) is 0 Å². The van der Waals surface area contributed by atoms with E-state index in [1.165, 1.54) is 13.1 Å². The minimum atomic E-state index is -0.367. The lowest BCUT2D eigenvalue weighted by molar-refractivity contribution is 0.0964. The van der Waals surface area contributed by atoms with Gasteiger partial charge in [0.1, 0.15) is 0 Å². The van der Waals surface area contributed by atoms with Gasteiger partial charge in [0.05, 0.1) is 22.0 Å². The molecule has 2 aromatic carbocycles. The first-order valence-electron chi connectivity index (χ1n) is 6.20. The van der Waals surface area contributed by atoms with Crippen LogP contribution in [0.5, 0.6) is 0 Å². The summed E-state index contributed by atoms with van der Waals surface area (Å²) in [5.74, 6) is -0.644. The number of anilines is 2. The molecule has 0 spiro atoms. The Morgan fingerprint density at radius 3 is 2.48 bits per heavy atom. The van der Waals surface area contributed by atoms with Gasteiger partial charge in [-0.1, -0.05) is 23.7 Å². The summed E-state index contributed by atoms with van der Waals surface area (Å²) in [6.07, 6.45) is 0. The lowest BCUT2D eigenvalue weighted by atomic mass is 10.1. The summed E-state index contributed by atoms with van der Waals surface area (Å²) in [7, 11) is 1.53. The van der Waals surface area contributed by atoms with E-state index < -0.39 is 0 Å². The molecule has 0 bridgehead atoms. The average Bonchev–Trinajstić information content (AvgIpc) is 2.49. The van der Waals surface area contributed by atoms with Crippen LogP contribution in [0.3, 0.4) is 0 Å². The van der Waals surface area contributed by atoms with E-state index in [0.717, 1.165) is 0 Å². The summed E-state index contributed by atoms with van der Waals surface area (Å²) in [6, 6.07) is 11.3. The number of nitrogen functional groups attached to an aromatic ring is 1. The molecule has 6 heteroatoms. The van der Waals surface area contributed by atoms with Crippen molar-refractivity contribution in [2.24, 2.45) is 0 Å². The third-order valence-corrected chi connectivity index (χ3v) is 3.24. The van der Waals surface area contributed by atoms with Gasteiger partial charge in [-0.3, -0.25) is 9.59 Å².